The molecular weight excluding hydrogens is 136 g/mol. The number of nitriles is 1. The Bertz CT molecular complexity index is 142. The van der Waals surface area contributed by atoms with Crippen molar-refractivity contribution >= 4 is 0 Å². The van der Waals surface area contributed by atoms with Crippen LogP contribution in [0, 0.1) is 17.2 Å². The second-order valence-corrected chi connectivity index (χ2v) is 3.39. The molecule has 62 valence electrons. The van der Waals surface area contributed by atoms with Crippen molar-refractivity contribution in [2.75, 3.05) is 19.6 Å². The van der Waals surface area contributed by atoms with Crippen molar-refractivity contribution in [3.8, 4) is 6.07 Å². The highest BCUT2D eigenvalue weighted by molar-refractivity contribution is 4.82. The Labute approximate surface area is 68.8 Å². The third-order valence-corrected chi connectivity index (χ3v) is 2.20. The Morgan fingerprint density at radius 1 is 1.36 bits per heavy atom. The Hall–Kier alpha value is -0.550. The Morgan fingerprint density at radius 2 is 2.00 bits per heavy atom. The molecule has 1 rings (SSSR count). The average Bonchev–Trinajstić information content (AvgIpc) is 2.06. The van der Waals surface area contributed by atoms with E-state index in [-0.39, 0.29) is 5.92 Å². The lowest BCUT2D eigenvalue weighted by Gasteiger charge is -2.26. The minimum Gasteiger partial charge on any atom is -0.302 e. The Morgan fingerprint density at radius 3 is 2.55 bits per heavy atom. The van der Waals surface area contributed by atoms with Crippen molar-refractivity contribution < 1.29 is 0 Å². The van der Waals surface area contributed by atoms with Gasteiger partial charge in [0.15, 0.2) is 0 Å². The van der Waals surface area contributed by atoms with Crippen LogP contribution in [-0.4, -0.2) is 24.5 Å². The van der Waals surface area contributed by atoms with Gasteiger partial charge in [0.1, 0.15) is 0 Å². The van der Waals surface area contributed by atoms with Crippen molar-refractivity contribution in [3.63, 3.8) is 0 Å². The van der Waals surface area contributed by atoms with Gasteiger partial charge in [0.2, 0.25) is 0 Å². The third kappa shape index (κ3) is 2.90. The summed E-state index contributed by atoms with van der Waals surface area (Å²) >= 11 is 0. The molecule has 11 heavy (non-hydrogen) atoms. The first-order valence-electron chi connectivity index (χ1n) is 4.45. The molecule has 0 unspecified atom stereocenters. The first-order chi connectivity index (χ1) is 5.33. The van der Waals surface area contributed by atoms with E-state index >= 15 is 0 Å². The van der Waals surface area contributed by atoms with Gasteiger partial charge in [-0.1, -0.05) is 6.42 Å². The van der Waals surface area contributed by atoms with Crippen molar-refractivity contribution in [1.82, 2.24) is 4.90 Å². The highest BCUT2D eigenvalue weighted by Gasteiger charge is 2.12. The van der Waals surface area contributed by atoms with Crippen LogP contribution in [0.2, 0.25) is 0 Å². The molecule has 0 aromatic carbocycles. The molecular formula is C9H16N2. The second kappa shape index (κ2) is 4.35. The lowest BCUT2D eigenvalue weighted by atomic mass is 10.1. The topological polar surface area (TPSA) is 27.0 Å². The fourth-order valence-corrected chi connectivity index (χ4v) is 1.57. The third-order valence-electron chi connectivity index (χ3n) is 2.20. The summed E-state index contributed by atoms with van der Waals surface area (Å²) in [5.74, 6) is 0.202. The SMILES string of the molecule is C[C@@H](C#N)CN1CCCCC1. The van der Waals surface area contributed by atoms with Gasteiger partial charge in [-0.05, 0) is 32.9 Å². The van der Waals surface area contributed by atoms with E-state index in [4.69, 9.17) is 5.26 Å². The molecule has 0 spiro atoms. The molecule has 1 fully saturated rings. The van der Waals surface area contributed by atoms with Crippen LogP contribution in [-0.2, 0) is 0 Å². The molecule has 1 aliphatic heterocycles. The Balaban J connectivity index is 2.20. The molecule has 0 aromatic rings. The van der Waals surface area contributed by atoms with Gasteiger partial charge < -0.3 is 4.90 Å². The molecule has 2 heteroatoms. The number of hydrogen-bond donors (Lipinski definition) is 0. The number of hydrogen-bond acceptors (Lipinski definition) is 2. The summed E-state index contributed by atoms with van der Waals surface area (Å²) in [5.41, 5.74) is 0. The van der Waals surface area contributed by atoms with Crippen LogP contribution >= 0.6 is 0 Å². The zero-order chi connectivity index (χ0) is 8.10. The largest absolute Gasteiger partial charge is 0.302 e. The monoisotopic (exact) mass is 152 g/mol. The lowest BCUT2D eigenvalue weighted by Crippen LogP contribution is -2.33. The fourth-order valence-electron chi connectivity index (χ4n) is 1.57. The number of nitrogens with zero attached hydrogens (tertiary/aromatic N) is 2. The van der Waals surface area contributed by atoms with E-state index in [1.165, 1.54) is 32.4 Å². The first kappa shape index (κ1) is 8.55. The van der Waals surface area contributed by atoms with Gasteiger partial charge in [-0.15, -0.1) is 0 Å². The van der Waals surface area contributed by atoms with Crippen molar-refractivity contribution in [3.05, 3.63) is 0 Å². The van der Waals surface area contributed by atoms with E-state index in [9.17, 15) is 0 Å². The second-order valence-electron chi connectivity index (χ2n) is 3.39. The summed E-state index contributed by atoms with van der Waals surface area (Å²) in [4.78, 5) is 2.40. The summed E-state index contributed by atoms with van der Waals surface area (Å²) < 4.78 is 0. The van der Waals surface area contributed by atoms with Gasteiger partial charge in [-0.2, -0.15) is 5.26 Å². The molecule has 0 aliphatic carbocycles. The molecule has 1 heterocycles. The van der Waals surface area contributed by atoms with Crippen LogP contribution in [0.4, 0.5) is 0 Å². The minimum atomic E-state index is 0.202. The Kier molecular flexibility index (Phi) is 3.38. The van der Waals surface area contributed by atoms with Crippen LogP contribution in [0.1, 0.15) is 26.2 Å². The zero-order valence-corrected chi connectivity index (χ0v) is 7.21. The molecule has 0 amide bonds. The van der Waals surface area contributed by atoms with Crippen LogP contribution in [0.25, 0.3) is 0 Å². The molecule has 0 radical (unpaired) electrons. The molecule has 0 bridgehead atoms. The standard InChI is InChI=1S/C9H16N2/c1-9(7-10)8-11-5-3-2-4-6-11/h9H,2-6,8H2,1H3/t9-/m0/s1. The highest BCUT2D eigenvalue weighted by Crippen LogP contribution is 2.10. The zero-order valence-electron chi connectivity index (χ0n) is 7.21. The number of likely N-dealkylation sites (tertiary alicyclic amines) is 1. The summed E-state index contributed by atoms with van der Waals surface area (Å²) in [6.45, 7) is 5.36. The van der Waals surface area contributed by atoms with E-state index in [1.807, 2.05) is 6.92 Å². The van der Waals surface area contributed by atoms with Crippen LogP contribution in [0.3, 0.4) is 0 Å². The molecule has 0 saturated carbocycles. The van der Waals surface area contributed by atoms with Gasteiger partial charge in [0.25, 0.3) is 0 Å². The number of rotatable bonds is 2. The maximum absolute atomic E-state index is 8.59. The van der Waals surface area contributed by atoms with E-state index in [0.717, 1.165) is 6.54 Å². The van der Waals surface area contributed by atoms with E-state index < -0.39 is 0 Å². The minimum absolute atomic E-state index is 0.202. The summed E-state index contributed by atoms with van der Waals surface area (Å²) in [6, 6.07) is 2.27. The average molecular weight is 152 g/mol. The van der Waals surface area contributed by atoms with Gasteiger partial charge in [-0.3, -0.25) is 0 Å². The van der Waals surface area contributed by atoms with E-state index in [0.29, 0.717) is 0 Å². The van der Waals surface area contributed by atoms with Crippen molar-refractivity contribution in [2.45, 2.75) is 26.2 Å². The van der Waals surface area contributed by atoms with Gasteiger partial charge in [0, 0.05) is 6.54 Å². The van der Waals surface area contributed by atoms with Crippen molar-refractivity contribution in [1.29, 1.82) is 5.26 Å². The quantitative estimate of drug-likeness (QED) is 0.601. The molecule has 0 aromatic heterocycles. The van der Waals surface area contributed by atoms with Gasteiger partial charge in [0.05, 0.1) is 12.0 Å². The maximum Gasteiger partial charge on any atom is 0.0666 e. The maximum atomic E-state index is 8.59. The molecule has 0 N–H and O–H groups in total. The summed E-state index contributed by atoms with van der Waals surface area (Å²) in [5, 5.41) is 8.59. The highest BCUT2D eigenvalue weighted by atomic mass is 15.1. The predicted molar refractivity (Wildman–Crippen MR) is 45.1 cm³/mol. The normalized spacial score (nSPS) is 22.5. The molecule has 1 aliphatic rings. The van der Waals surface area contributed by atoms with Gasteiger partial charge in [-0.25, -0.2) is 0 Å². The molecule has 1 saturated heterocycles. The molecule has 2 nitrogen and oxygen atoms in total. The number of piperidine rings is 1. The predicted octanol–water partition coefficient (Wildman–Crippen LogP) is 1.63. The molecule has 1 atom stereocenters. The van der Waals surface area contributed by atoms with Gasteiger partial charge >= 0.3 is 0 Å². The fraction of sp³-hybridized carbons (Fsp3) is 0.889. The van der Waals surface area contributed by atoms with E-state index in [2.05, 4.69) is 11.0 Å². The lowest BCUT2D eigenvalue weighted by molar-refractivity contribution is 0.215. The van der Waals surface area contributed by atoms with Crippen molar-refractivity contribution in [2.24, 2.45) is 5.92 Å². The summed E-state index contributed by atoms with van der Waals surface area (Å²) in [7, 11) is 0. The van der Waals surface area contributed by atoms with Crippen LogP contribution in [0.5, 0.6) is 0 Å². The van der Waals surface area contributed by atoms with Crippen LogP contribution < -0.4 is 0 Å². The van der Waals surface area contributed by atoms with E-state index in [1.54, 1.807) is 0 Å². The first-order valence-corrected chi connectivity index (χ1v) is 4.45. The smallest absolute Gasteiger partial charge is 0.0666 e. The van der Waals surface area contributed by atoms with Crippen LogP contribution in [0.15, 0.2) is 0 Å². The summed E-state index contributed by atoms with van der Waals surface area (Å²) in [6.07, 6.45) is 4.01.